The van der Waals surface area contributed by atoms with E-state index in [0.717, 1.165) is 35.2 Å². The van der Waals surface area contributed by atoms with E-state index in [4.69, 9.17) is 4.74 Å². The molecule has 22 heavy (non-hydrogen) atoms. The maximum atomic E-state index is 12.6. The van der Waals surface area contributed by atoms with Crippen molar-refractivity contribution in [1.82, 2.24) is 4.98 Å². The predicted molar refractivity (Wildman–Crippen MR) is 83.8 cm³/mol. The first-order chi connectivity index (χ1) is 10.7. The van der Waals surface area contributed by atoms with Crippen LogP contribution in [0.2, 0.25) is 0 Å². The van der Waals surface area contributed by atoms with Gasteiger partial charge in [0.05, 0.1) is 18.9 Å². The van der Waals surface area contributed by atoms with Gasteiger partial charge in [-0.2, -0.15) is 0 Å². The molecule has 5 nitrogen and oxygen atoms in total. The Balaban J connectivity index is 1.56. The van der Waals surface area contributed by atoms with E-state index in [2.05, 4.69) is 10.3 Å². The normalized spacial score (nSPS) is 29.9. The third-order valence-corrected chi connectivity index (χ3v) is 5.30. The number of anilines is 1. The number of ether oxygens (including phenoxy) is 1. The molecule has 5 rings (SSSR count). The number of carbonyl (C=O) groups excluding carboxylic acids is 1. The number of carbonyl (C=O) groups is 1. The van der Waals surface area contributed by atoms with Gasteiger partial charge >= 0.3 is 0 Å². The fourth-order valence-electron chi connectivity index (χ4n) is 3.87. The van der Waals surface area contributed by atoms with Crippen LogP contribution in [0.15, 0.2) is 24.4 Å². The summed E-state index contributed by atoms with van der Waals surface area (Å²) in [5.74, 6) is 1.57. The van der Waals surface area contributed by atoms with E-state index in [1.165, 1.54) is 0 Å². The molecule has 3 aliphatic rings. The summed E-state index contributed by atoms with van der Waals surface area (Å²) in [5, 5.41) is 14.0. The van der Waals surface area contributed by atoms with Gasteiger partial charge < -0.3 is 20.1 Å². The molecule has 5 heteroatoms. The third kappa shape index (κ3) is 2.08. The summed E-state index contributed by atoms with van der Waals surface area (Å²) in [5.41, 5.74) is 1.73. The molecule has 1 heterocycles. The first-order valence-electron chi connectivity index (χ1n) is 7.79. The number of hydrogen-bond acceptors (Lipinski definition) is 3. The Hall–Kier alpha value is -2.01. The molecule has 2 aromatic rings. The SMILES string of the molecule is COc1ccc2[nH]cc(NC(=O)[C@H]3C[C@@H](O)C4CC3C4)c2c1. The van der Waals surface area contributed by atoms with Crippen molar-refractivity contribution in [1.29, 1.82) is 0 Å². The summed E-state index contributed by atoms with van der Waals surface area (Å²) in [4.78, 5) is 15.7. The van der Waals surface area contributed by atoms with Gasteiger partial charge in [0, 0.05) is 23.0 Å². The number of fused-ring (bicyclic) bond motifs is 3. The standard InChI is InChI=1S/C17H20N2O3/c1-22-11-2-3-14-13(6-11)15(8-18-14)19-17(21)12-7-16(20)10-4-9(12)5-10/h2-3,6,8-10,12,16,18,20H,4-5,7H2,1H3,(H,19,21)/t9?,10?,12-,16+/m0/s1. The summed E-state index contributed by atoms with van der Waals surface area (Å²) in [6, 6.07) is 5.73. The highest BCUT2D eigenvalue weighted by molar-refractivity contribution is 6.02. The minimum Gasteiger partial charge on any atom is -0.497 e. The van der Waals surface area contributed by atoms with E-state index in [-0.39, 0.29) is 17.9 Å². The number of H-pyrrole nitrogens is 1. The molecular formula is C17H20N2O3. The fraction of sp³-hybridized carbons (Fsp3) is 0.471. The van der Waals surface area contributed by atoms with Crippen molar-refractivity contribution in [3.63, 3.8) is 0 Å². The quantitative estimate of drug-likeness (QED) is 0.815. The number of hydrogen-bond donors (Lipinski definition) is 3. The minimum atomic E-state index is -0.316. The lowest BCUT2D eigenvalue weighted by Gasteiger charge is -2.48. The highest BCUT2D eigenvalue weighted by Crippen LogP contribution is 2.49. The maximum Gasteiger partial charge on any atom is 0.227 e. The van der Waals surface area contributed by atoms with E-state index in [0.29, 0.717) is 18.3 Å². The van der Waals surface area contributed by atoms with Gasteiger partial charge in [-0.05, 0) is 49.3 Å². The summed E-state index contributed by atoms with van der Waals surface area (Å²) < 4.78 is 5.25. The monoisotopic (exact) mass is 300 g/mol. The molecule has 2 atom stereocenters. The number of aromatic nitrogens is 1. The highest BCUT2D eigenvalue weighted by Gasteiger charge is 2.48. The van der Waals surface area contributed by atoms with Crippen LogP contribution >= 0.6 is 0 Å². The van der Waals surface area contributed by atoms with Gasteiger partial charge in [-0.1, -0.05) is 0 Å². The molecule has 3 N–H and O–H groups in total. The van der Waals surface area contributed by atoms with E-state index in [9.17, 15) is 9.90 Å². The van der Waals surface area contributed by atoms with Crippen LogP contribution in [0.25, 0.3) is 10.9 Å². The molecule has 3 saturated carbocycles. The maximum absolute atomic E-state index is 12.6. The number of amides is 1. The third-order valence-electron chi connectivity index (χ3n) is 5.30. The van der Waals surface area contributed by atoms with Crippen LogP contribution in [-0.4, -0.2) is 29.2 Å². The Morgan fingerprint density at radius 3 is 2.86 bits per heavy atom. The molecule has 3 fully saturated rings. The predicted octanol–water partition coefficient (Wildman–Crippen LogP) is 2.52. The van der Waals surface area contributed by atoms with Crippen LogP contribution in [0.4, 0.5) is 5.69 Å². The zero-order valence-electron chi connectivity index (χ0n) is 12.5. The van der Waals surface area contributed by atoms with Crippen molar-refractivity contribution < 1.29 is 14.6 Å². The van der Waals surface area contributed by atoms with E-state index in [1.807, 2.05) is 24.4 Å². The zero-order chi connectivity index (χ0) is 15.3. The lowest BCUT2D eigenvalue weighted by atomic mass is 9.58. The molecule has 0 spiro atoms. The second kappa shape index (κ2) is 5.02. The number of methoxy groups -OCH3 is 1. The number of aliphatic hydroxyl groups excluding tert-OH is 1. The Morgan fingerprint density at radius 2 is 2.14 bits per heavy atom. The molecule has 0 aliphatic heterocycles. The van der Waals surface area contributed by atoms with Gasteiger partial charge in [-0.25, -0.2) is 0 Å². The average molecular weight is 300 g/mol. The molecule has 1 amide bonds. The van der Waals surface area contributed by atoms with Gasteiger partial charge in [0.2, 0.25) is 5.91 Å². The van der Waals surface area contributed by atoms with E-state index >= 15 is 0 Å². The molecule has 1 aromatic carbocycles. The van der Waals surface area contributed by atoms with Crippen molar-refractivity contribution >= 4 is 22.5 Å². The molecular weight excluding hydrogens is 280 g/mol. The Kier molecular flexibility index (Phi) is 3.11. The number of benzene rings is 1. The molecule has 3 aliphatic carbocycles. The molecule has 0 saturated heterocycles. The smallest absolute Gasteiger partial charge is 0.227 e. The van der Waals surface area contributed by atoms with Crippen molar-refractivity contribution in [3.8, 4) is 5.75 Å². The summed E-state index contributed by atoms with van der Waals surface area (Å²) in [6.45, 7) is 0. The van der Waals surface area contributed by atoms with Gasteiger partial charge in [0.15, 0.2) is 0 Å². The molecule has 2 bridgehead atoms. The number of rotatable bonds is 3. The highest BCUT2D eigenvalue weighted by atomic mass is 16.5. The Labute approximate surface area is 128 Å². The van der Waals surface area contributed by atoms with Crippen molar-refractivity contribution in [3.05, 3.63) is 24.4 Å². The van der Waals surface area contributed by atoms with Crippen LogP contribution < -0.4 is 10.1 Å². The molecule has 0 radical (unpaired) electrons. The minimum absolute atomic E-state index is 0.0194. The molecule has 0 unspecified atom stereocenters. The van der Waals surface area contributed by atoms with Crippen LogP contribution in [0.1, 0.15) is 19.3 Å². The van der Waals surface area contributed by atoms with Gasteiger partial charge in [0.25, 0.3) is 0 Å². The largest absolute Gasteiger partial charge is 0.497 e. The zero-order valence-corrected chi connectivity index (χ0v) is 12.5. The number of nitrogens with one attached hydrogen (secondary N) is 2. The number of aliphatic hydroxyl groups is 1. The summed E-state index contributed by atoms with van der Waals surface area (Å²) >= 11 is 0. The van der Waals surface area contributed by atoms with Gasteiger partial charge in [-0.15, -0.1) is 0 Å². The summed E-state index contributed by atoms with van der Waals surface area (Å²) in [6.07, 6.45) is 4.06. The fourth-order valence-corrected chi connectivity index (χ4v) is 3.87. The van der Waals surface area contributed by atoms with Crippen molar-refractivity contribution in [2.75, 3.05) is 12.4 Å². The van der Waals surface area contributed by atoms with E-state index < -0.39 is 0 Å². The van der Waals surface area contributed by atoms with Crippen LogP contribution in [-0.2, 0) is 4.79 Å². The Bertz CT molecular complexity index is 718. The summed E-state index contributed by atoms with van der Waals surface area (Å²) in [7, 11) is 1.63. The second-order valence-corrected chi connectivity index (χ2v) is 6.50. The van der Waals surface area contributed by atoms with Gasteiger partial charge in [0.1, 0.15) is 5.75 Å². The van der Waals surface area contributed by atoms with E-state index in [1.54, 1.807) is 7.11 Å². The van der Waals surface area contributed by atoms with Crippen LogP contribution in [0.3, 0.4) is 0 Å². The first-order valence-corrected chi connectivity index (χ1v) is 7.79. The van der Waals surface area contributed by atoms with Crippen molar-refractivity contribution in [2.24, 2.45) is 17.8 Å². The topological polar surface area (TPSA) is 74.3 Å². The average Bonchev–Trinajstić information content (AvgIpc) is 2.87. The number of aromatic amines is 1. The lowest BCUT2D eigenvalue weighted by molar-refractivity contribution is -0.133. The Morgan fingerprint density at radius 1 is 1.32 bits per heavy atom. The van der Waals surface area contributed by atoms with Crippen LogP contribution in [0.5, 0.6) is 5.75 Å². The molecule has 116 valence electrons. The molecule has 1 aromatic heterocycles. The van der Waals surface area contributed by atoms with Crippen molar-refractivity contribution in [2.45, 2.75) is 25.4 Å². The first kappa shape index (κ1) is 13.6. The van der Waals surface area contributed by atoms with Gasteiger partial charge in [-0.3, -0.25) is 4.79 Å². The lowest BCUT2D eigenvalue weighted by Crippen LogP contribution is -2.49. The second-order valence-electron chi connectivity index (χ2n) is 6.50. The van der Waals surface area contributed by atoms with Crippen LogP contribution in [0, 0.1) is 17.8 Å².